The lowest BCUT2D eigenvalue weighted by Crippen LogP contribution is -1.95. The molecule has 0 aromatic heterocycles. The average molecular weight is 200 g/mol. The van der Waals surface area contributed by atoms with Crippen molar-refractivity contribution >= 4 is 11.1 Å². The fraction of sp³-hybridized carbons (Fsp3) is 0.333. The molecule has 0 saturated carbocycles. The molecule has 0 heterocycles. The monoisotopic (exact) mass is 200 g/mol. The van der Waals surface area contributed by atoms with Crippen LogP contribution in [0, 0.1) is 0 Å². The molecule has 72 valence electrons. The van der Waals surface area contributed by atoms with Gasteiger partial charge in [0.15, 0.2) is 11.1 Å². The first-order chi connectivity index (χ1) is 6.22. The van der Waals surface area contributed by atoms with Crippen molar-refractivity contribution in [1.82, 2.24) is 0 Å². The minimum atomic E-state index is -1.78. The molecule has 1 unspecified atom stereocenters. The van der Waals surface area contributed by atoms with Gasteiger partial charge < -0.3 is 9.29 Å². The number of hydrogen-bond acceptors (Lipinski definition) is 2. The van der Waals surface area contributed by atoms with E-state index in [0.29, 0.717) is 6.61 Å². The summed E-state index contributed by atoms with van der Waals surface area (Å²) in [6.07, 6.45) is 0. The van der Waals surface area contributed by atoms with Crippen LogP contribution in [-0.4, -0.2) is 15.4 Å². The highest BCUT2D eigenvalue weighted by Crippen LogP contribution is 2.14. The Labute approximate surface area is 80.0 Å². The van der Waals surface area contributed by atoms with Crippen molar-refractivity contribution in [3.05, 3.63) is 29.8 Å². The van der Waals surface area contributed by atoms with E-state index in [2.05, 4.69) is 0 Å². The minimum Gasteiger partial charge on any atom is -0.494 e. The molecule has 1 aromatic rings. The van der Waals surface area contributed by atoms with Gasteiger partial charge in [0.05, 0.1) is 12.4 Å². The van der Waals surface area contributed by atoms with E-state index in [1.807, 2.05) is 19.1 Å². The molecule has 0 fully saturated rings. The molecule has 13 heavy (non-hydrogen) atoms. The molecule has 1 atom stereocenters. The lowest BCUT2D eigenvalue weighted by Gasteiger charge is -2.03. The lowest BCUT2D eigenvalue weighted by atomic mass is 10.2. The molecule has 0 aliphatic carbocycles. The third-order valence-electron chi connectivity index (χ3n) is 1.50. The van der Waals surface area contributed by atoms with Crippen molar-refractivity contribution < 1.29 is 13.5 Å². The fourth-order valence-corrected chi connectivity index (χ4v) is 1.50. The molecular weight excluding hydrogens is 188 g/mol. The van der Waals surface area contributed by atoms with E-state index >= 15 is 0 Å². The van der Waals surface area contributed by atoms with E-state index in [9.17, 15) is 4.21 Å². The Kier molecular flexibility index (Phi) is 3.92. The third-order valence-corrected chi connectivity index (χ3v) is 2.08. The zero-order valence-electron chi connectivity index (χ0n) is 7.40. The van der Waals surface area contributed by atoms with E-state index in [0.717, 1.165) is 11.3 Å². The van der Waals surface area contributed by atoms with E-state index < -0.39 is 11.1 Å². The minimum absolute atomic E-state index is 0.154. The average Bonchev–Trinajstić information content (AvgIpc) is 2.04. The summed E-state index contributed by atoms with van der Waals surface area (Å²) in [5, 5.41) is 0. The second kappa shape index (κ2) is 4.99. The zero-order valence-corrected chi connectivity index (χ0v) is 8.21. The van der Waals surface area contributed by atoms with Crippen LogP contribution < -0.4 is 4.74 Å². The number of rotatable bonds is 4. The maximum Gasteiger partial charge on any atom is 0.157 e. The van der Waals surface area contributed by atoms with Crippen LogP contribution >= 0.6 is 0 Å². The molecule has 4 heteroatoms. The Hall–Kier alpha value is -0.870. The standard InChI is InChI=1S/C9H12O3S/c1-2-12-9-5-3-4-8(6-9)7-13(10)11/h3-6H,2,7H2,1H3,(H,10,11). The Morgan fingerprint density at radius 3 is 2.92 bits per heavy atom. The number of hydrogen-bond donors (Lipinski definition) is 1. The van der Waals surface area contributed by atoms with Gasteiger partial charge in [0, 0.05) is 0 Å². The third kappa shape index (κ3) is 3.57. The molecule has 1 rings (SSSR count). The summed E-state index contributed by atoms with van der Waals surface area (Å²) in [4.78, 5) is 0. The lowest BCUT2D eigenvalue weighted by molar-refractivity contribution is 0.340. The van der Waals surface area contributed by atoms with Gasteiger partial charge >= 0.3 is 0 Å². The Morgan fingerprint density at radius 1 is 1.54 bits per heavy atom. The van der Waals surface area contributed by atoms with Gasteiger partial charge in [-0.2, -0.15) is 0 Å². The molecule has 0 bridgehead atoms. The maximum atomic E-state index is 10.5. The Morgan fingerprint density at radius 2 is 2.31 bits per heavy atom. The van der Waals surface area contributed by atoms with Crippen molar-refractivity contribution in [2.75, 3.05) is 6.61 Å². The second-order valence-corrected chi connectivity index (χ2v) is 3.48. The van der Waals surface area contributed by atoms with Gasteiger partial charge in [-0.1, -0.05) is 12.1 Å². The fourth-order valence-electron chi connectivity index (χ4n) is 1.03. The molecule has 0 aliphatic heterocycles. The molecule has 0 aliphatic rings. The van der Waals surface area contributed by atoms with Crippen LogP contribution in [0.25, 0.3) is 0 Å². The molecule has 3 nitrogen and oxygen atoms in total. The maximum absolute atomic E-state index is 10.5. The summed E-state index contributed by atoms with van der Waals surface area (Å²) < 4.78 is 24.4. The number of ether oxygens (including phenoxy) is 1. The van der Waals surface area contributed by atoms with Crippen molar-refractivity contribution in [3.8, 4) is 5.75 Å². The second-order valence-electron chi connectivity index (χ2n) is 2.55. The summed E-state index contributed by atoms with van der Waals surface area (Å²) in [6.45, 7) is 2.50. The first-order valence-corrected chi connectivity index (χ1v) is 5.29. The molecule has 0 amide bonds. The molecule has 1 N–H and O–H groups in total. The molecule has 0 saturated heterocycles. The Balaban J connectivity index is 2.73. The van der Waals surface area contributed by atoms with Crippen molar-refractivity contribution in [1.29, 1.82) is 0 Å². The summed E-state index contributed by atoms with van der Waals surface area (Å²) in [5.74, 6) is 0.895. The first kappa shape index (κ1) is 10.2. The topological polar surface area (TPSA) is 46.5 Å². The van der Waals surface area contributed by atoms with Gasteiger partial charge in [0.25, 0.3) is 0 Å². The number of benzene rings is 1. The van der Waals surface area contributed by atoms with E-state index in [4.69, 9.17) is 9.29 Å². The summed E-state index contributed by atoms with van der Waals surface area (Å²) in [7, 11) is 0. The predicted octanol–water partition coefficient (Wildman–Crippen LogP) is 1.81. The first-order valence-electron chi connectivity index (χ1n) is 4.01. The van der Waals surface area contributed by atoms with Crippen LogP contribution in [0.2, 0.25) is 0 Å². The van der Waals surface area contributed by atoms with Crippen LogP contribution in [0.3, 0.4) is 0 Å². The quantitative estimate of drug-likeness (QED) is 0.754. The van der Waals surface area contributed by atoms with Gasteiger partial charge in [-0.05, 0) is 24.6 Å². The van der Waals surface area contributed by atoms with Crippen LogP contribution in [0.4, 0.5) is 0 Å². The Bertz CT molecular complexity index is 299. The van der Waals surface area contributed by atoms with Gasteiger partial charge in [-0.3, -0.25) is 0 Å². The molecular formula is C9H12O3S. The highest BCUT2D eigenvalue weighted by molar-refractivity contribution is 7.78. The molecule has 0 radical (unpaired) electrons. The normalized spacial score (nSPS) is 12.5. The summed E-state index contributed by atoms with van der Waals surface area (Å²) in [5.41, 5.74) is 0.812. The van der Waals surface area contributed by atoms with Crippen LogP contribution in [0.5, 0.6) is 5.75 Å². The summed E-state index contributed by atoms with van der Waals surface area (Å²) >= 11 is -1.78. The van der Waals surface area contributed by atoms with Crippen LogP contribution in [-0.2, 0) is 16.8 Å². The zero-order chi connectivity index (χ0) is 9.68. The van der Waals surface area contributed by atoms with E-state index in [-0.39, 0.29) is 5.75 Å². The predicted molar refractivity (Wildman–Crippen MR) is 52.1 cm³/mol. The van der Waals surface area contributed by atoms with Gasteiger partial charge in [-0.25, -0.2) is 4.21 Å². The van der Waals surface area contributed by atoms with Gasteiger partial charge in [0.1, 0.15) is 5.75 Å². The van der Waals surface area contributed by atoms with Gasteiger partial charge in [0.2, 0.25) is 0 Å². The highest BCUT2D eigenvalue weighted by Gasteiger charge is 1.99. The molecule has 0 spiro atoms. The van der Waals surface area contributed by atoms with Crippen LogP contribution in [0.15, 0.2) is 24.3 Å². The van der Waals surface area contributed by atoms with E-state index in [1.165, 1.54) is 0 Å². The SMILES string of the molecule is CCOc1cccc(CS(=O)O)c1. The van der Waals surface area contributed by atoms with Crippen molar-refractivity contribution in [2.45, 2.75) is 12.7 Å². The summed E-state index contributed by atoms with van der Waals surface area (Å²) in [6, 6.07) is 7.22. The highest BCUT2D eigenvalue weighted by atomic mass is 32.2. The molecule has 1 aromatic carbocycles. The van der Waals surface area contributed by atoms with E-state index in [1.54, 1.807) is 12.1 Å². The largest absolute Gasteiger partial charge is 0.494 e. The smallest absolute Gasteiger partial charge is 0.157 e. The van der Waals surface area contributed by atoms with Crippen molar-refractivity contribution in [3.63, 3.8) is 0 Å². The van der Waals surface area contributed by atoms with Gasteiger partial charge in [-0.15, -0.1) is 0 Å². The van der Waals surface area contributed by atoms with Crippen molar-refractivity contribution in [2.24, 2.45) is 0 Å². The van der Waals surface area contributed by atoms with Crippen LogP contribution in [0.1, 0.15) is 12.5 Å².